The van der Waals surface area contributed by atoms with Crippen LogP contribution in [0.3, 0.4) is 0 Å². The highest BCUT2D eigenvalue weighted by Gasteiger charge is 2.31. The second-order valence-corrected chi connectivity index (χ2v) is 8.10. The topological polar surface area (TPSA) is 119 Å². The summed E-state index contributed by atoms with van der Waals surface area (Å²) < 4.78 is 28.5. The summed E-state index contributed by atoms with van der Waals surface area (Å²) in [5.41, 5.74) is 0. The van der Waals surface area contributed by atoms with Gasteiger partial charge in [0, 0.05) is 23.9 Å². The molecule has 10 heteroatoms. The molecule has 3 N–H and O–H groups in total. The Bertz CT molecular complexity index is 667. The quantitative estimate of drug-likeness (QED) is 0.697. The summed E-state index contributed by atoms with van der Waals surface area (Å²) in [6, 6.07) is 3.25. The lowest BCUT2D eigenvalue weighted by Gasteiger charge is -2.30. The third-order valence-corrected chi connectivity index (χ3v) is 6.06. The van der Waals surface area contributed by atoms with E-state index < -0.39 is 22.2 Å². The van der Waals surface area contributed by atoms with E-state index in [0.29, 0.717) is 12.8 Å². The first-order chi connectivity index (χ1) is 11.3. The van der Waals surface area contributed by atoms with Gasteiger partial charge in [-0.15, -0.1) is 11.3 Å². The molecule has 1 aromatic rings. The van der Waals surface area contributed by atoms with Gasteiger partial charge in [-0.2, -0.15) is 12.7 Å². The maximum absolute atomic E-state index is 12.5. The number of carbonyl (C=O) groups excluding carboxylic acids is 2. The van der Waals surface area contributed by atoms with Crippen LogP contribution in [0.1, 0.15) is 30.2 Å². The molecule has 24 heavy (non-hydrogen) atoms. The van der Waals surface area contributed by atoms with Crippen LogP contribution in [0.15, 0.2) is 17.5 Å². The molecule has 8 nitrogen and oxygen atoms in total. The van der Waals surface area contributed by atoms with Crippen molar-refractivity contribution >= 4 is 33.4 Å². The number of methoxy groups -OCH3 is 1. The summed E-state index contributed by atoms with van der Waals surface area (Å²) in [6.45, 7) is 0.440. The minimum Gasteiger partial charge on any atom is -0.469 e. The van der Waals surface area contributed by atoms with Crippen molar-refractivity contribution in [2.75, 3.05) is 20.2 Å². The van der Waals surface area contributed by atoms with Crippen molar-refractivity contribution in [2.45, 2.75) is 25.3 Å². The van der Waals surface area contributed by atoms with Gasteiger partial charge in [-0.1, -0.05) is 6.07 Å². The molecule has 1 aromatic heterocycles. The molecule has 1 aliphatic heterocycles. The largest absolute Gasteiger partial charge is 0.469 e. The number of thiophene rings is 1. The Morgan fingerprint density at radius 3 is 2.62 bits per heavy atom. The Kier molecular flexibility index (Phi) is 6.33. The molecule has 0 bridgehead atoms. The van der Waals surface area contributed by atoms with Crippen LogP contribution in [-0.2, 0) is 24.5 Å². The van der Waals surface area contributed by atoms with Gasteiger partial charge in [0.25, 0.3) is 10.2 Å². The maximum atomic E-state index is 12.5. The van der Waals surface area contributed by atoms with Gasteiger partial charge in [0.15, 0.2) is 0 Å². The highest BCUT2D eigenvalue weighted by Crippen LogP contribution is 2.25. The molecule has 0 saturated carbocycles. The number of hydrogen-bond donors (Lipinski definition) is 2. The number of rotatable bonds is 6. The van der Waals surface area contributed by atoms with Crippen molar-refractivity contribution in [1.82, 2.24) is 9.62 Å². The number of nitrogens with two attached hydrogens (primary N) is 1. The lowest BCUT2D eigenvalue weighted by molar-refractivity contribution is -0.141. The molecule has 2 rings (SSSR count). The van der Waals surface area contributed by atoms with Crippen molar-refractivity contribution in [3.8, 4) is 0 Å². The number of nitrogens with one attached hydrogen (secondary N) is 1. The van der Waals surface area contributed by atoms with Crippen molar-refractivity contribution in [3.05, 3.63) is 22.4 Å². The summed E-state index contributed by atoms with van der Waals surface area (Å²) in [4.78, 5) is 24.9. The monoisotopic (exact) mass is 375 g/mol. The van der Waals surface area contributed by atoms with Crippen molar-refractivity contribution < 1.29 is 22.7 Å². The van der Waals surface area contributed by atoms with Crippen LogP contribution in [0.4, 0.5) is 0 Å². The first-order valence-corrected chi connectivity index (χ1v) is 9.88. The van der Waals surface area contributed by atoms with Gasteiger partial charge in [0.2, 0.25) is 5.91 Å². The molecule has 0 radical (unpaired) electrons. The van der Waals surface area contributed by atoms with E-state index in [1.807, 2.05) is 17.5 Å². The summed E-state index contributed by atoms with van der Waals surface area (Å²) >= 11 is 1.45. The molecular weight excluding hydrogens is 354 g/mol. The Balaban J connectivity index is 1.97. The van der Waals surface area contributed by atoms with E-state index in [9.17, 15) is 18.0 Å². The third kappa shape index (κ3) is 5.00. The molecule has 1 atom stereocenters. The predicted molar refractivity (Wildman–Crippen MR) is 89.2 cm³/mol. The molecule has 2 heterocycles. The minimum absolute atomic E-state index is 0.0543. The first-order valence-electron chi connectivity index (χ1n) is 7.49. The molecule has 1 saturated heterocycles. The van der Waals surface area contributed by atoms with Crippen LogP contribution in [0.25, 0.3) is 0 Å². The summed E-state index contributed by atoms with van der Waals surface area (Å²) in [5, 5.41) is 9.85. The van der Waals surface area contributed by atoms with Crippen LogP contribution >= 0.6 is 11.3 Å². The van der Waals surface area contributed by atoms with Crippen LogP contribution in [0.2, 0.25) is 0 Å². The average Bonchev–Trinajstić information content (AvgIpc) is 3.07. The van der Waals surface area contributed by atoms with Crippen LogP contribution in [-0.4, -0.2) is 44.8 Å². The van der Waals surface area contributed by atoms with Gasteiger partial charge < -0.3 is 10.1 Å². The molecule has 1 amide bonds. The zero-order valence-corrected chi connectivity index (χ0v) is 14.9. The van der Waals surface area contributed by atoms with Crippen LogP contribution in [0, 0.1) is 5.92 Å². The zero-order chi connectivity index (χ0) is 17.7. The summed E-state index contributed by atoms with van der Waals surface area (Å²) in [6.07, 6.45) is 0.855. The zero-order valence-electron chi connectivity index (χ0n) is 13.3. The minimum atomic E-state index is -3.71. The lowest BCUT2D eigenvalue weighted by atomic mass is 9.96. The standard InChI is InChI=1S/C14H21N3O5S2/c1-22-13(18)9-11(12-3-2-8-23-12)16-14(19)10-4-6-17(7-5-10)24(15,20)21/h2-3,8,10-11H,4-7,9H2,1H3,(H,16,19)(H2,15,20,21). The molecule has 0 aliphatic carbocycles. The fraction of sp³-hybridized carbons (Fsp3) is 0.571. The smallest absolute Gasteiger partial charge is 0.307 e. The number of piperidine rings is 1. The highest BCUT2D eigenvalue weighted by atomic mass is 32.2. The number of carbonyl (C=O) groups is 2. The highest BCUT2D eigenvalue weighted by molar-refractivity contribution is 7.86. The molecular formula is C14H21N3O5S2. The Morgan fingerprint density at radius 1 is 1.46 bits per heavy atom. The summed E-state index contributed by atoms with van der Waals surface area (Å²) in [5.74, 6) is -0.896. The Morgan fingerprint density at radius 2 is 2.12 bits per heavy atom. The van der Waals surface area contributed by atoms with Crippen molar-refractivity contribution in [2.24, 2.45) is 11.1 Å². The van der Waals surface area contributed by atoms with E-state index in [4.69, 9.17) is 5.14 Å². The third-order valence-electron chi connectivity index (χ3n) is 3.99. The molecule has 1 unspecified atom stereocenters. The molecule has 0 spiro atoms. The number of nitrogens with zero attached hydrogens (tertiary/aromatic N) is 1. The van der Waals surface area contributed by atoms with Crippen LogP contribution < -0.4 is 10.5 Å². The second kappa shape index (κ2) is 8.06. The summed E-state index contributed by atoms with van der Waals surface area (Å²) in [7, 11) is -2.41. The van der Waals surface area contributed by atoms with Crippen molar-refractivity contribution in [1.29, 1.82) is 0 Å². The van der Waals surface area contributed by atoms with Gasteiger partial charge in [0.1, 0.15) is 0 Å². The molecule has 134 valence electrons. The molecule has 1 aliphatic rings. The van der Waals surface area contributed by atoms with E-state index in [1.54, 1.807) is 0 Å². The van der Waals surface area contributed by atoms with E-state index in [0.717, 1.165) is 4.88 Å². The average molecular weight is 375 g/mol. The fourth-order valence-corrected chi connectivity index (χ4v) is 4.12. The maximum Gasteiger partial charge on any atom is 0.307 e. The molecule has 1 fully saturated rings. The number of esters is 1. The van der Waals surface area contributed by atoms with Gasteiger partial charge in [-0.25, -0.2) is 5.14 Å². The Hall–Kier alpha value is -1.49. The predicted octanol–water partition coefficient (Wildman–Crippen LogP) is 0.384. The van der Waals surface area contributed by atoms with E-state index >= 15 is 0 Å². The number of hydrogen-bond acceptors (Lipinski definition) is 6. The van der Waals surface area contributed by atoms with Gasteiger partial charge >= 0.3 is 5.97 Å². The van der Waals surface area contributed by atoms with Crippen LogP contribution in [0.5, 0.6) is 0 Å². The van der Waals surface area contributed by atoms with Gasteiger partial charge in [-0.05, 0) is 24.3 Å². The van der Waals surface area contributed by atoms with Crippen molar-refractivity contribution in [3.63, 3.8) is 0 Å². The van der Waals surface area contributed by atoms with Gasteiger partial charge in [-0.3, -0.25) is 9.59 Å². The van der Waals surface area contributed by atoms with E-state index in [2.05, 4.69) is 10.1 Å². The van der Waals surface area contributed by atoms with Gasteiger partial charge in [0.05, 0.1) is 19.6 Å². The SMILES string of the molecule is COC(=O)CC(NC(=O)C1CCN(S(N)(=O)=O)CC1)c1cccs1. The second-order valence-electron chi connectivity index (χ2n) is 5.58. The number of amides is 1. The Labute approximate surface area is 145 Å². The first kappa shape index (κ1) is 18.8. The van der Waals surface area contributed by atoms with E-state index in [-0.39, 0.29) is 31.3 Å². The molecule has 0 aromatic carbocycles. The normalized spacial score (nSPS) is 18.1. The fourth-order valence-electron chi connectivity index (χ4n) is 2.62. The number of ether oxygens (including phenoxy) is 1. The van der Waals surface area contributed by atoms with E-state index in [1.165, 1.54) is 22.8 Å². The lowest BCUT2D eigenvalue weighted by Crippen LogP contribution is -2.45.